The fourth-order valence-corrected chi connectivity index (χ4v) is 9.06. The highest BCUT2D eigenvalue weighted by molar-refractivity contribution is 6.72. The van der Waals surface area contributed by atoms with Crippen molar-refractivity contribution in [3.05, 3.63) is 88.4 Å². The molecule has 4 atom stereocenters. The molecule has 2 heterocycles. The summed E-state index contributed by atoms with van der Waals surface area (Å²) < 4.78 is 22.2. The topological polar surface area (TPSA) is 105 Å². The third kappa shape index (κ3) is 4.92. The molecule has 4 N–H and O–H groups in total. The summed E-state index contributed by atoms with van der Waals surface area (Å²) in [6, 6.07) is 19.2. The van der Waals surface area contributed by atoms with Gasteiger partial charge in [-0.05, 0) is 79.7 Å². The normalized spacial score (nSPS) is 24.0. The van der Waals surface area contributed by atoms with E-state index >= 15 is 4.11 Å². The van der Waals surface area contributed by atoms with Crippen LogP contribution in [0.4, 0.5) is 21.2 Å². The predicted octanol–water partition coefficient (Wildman–Crippen LogP) is 5.88. The van der Waals surface area contributed by atoms with Crippen LogP contribution in [0.2, 0.25) is 23.7 Å². The van der Waals surface area contributed by atoms with Crippen molar-refractivity contribution >= 4 is 48.9 Å². The Labute approximate surface area is 239 Å². The van der Waals surface area contributed by atoms with Gasteiger partial charge in [0.2, 0.25) is 8.41 Å². The summed E-state index contributed by atoms with van der Waals surface area (Å²) in [4.78, 5) is 28.7. The largest absolute Gasteiger partial charge is 0.399 e. The van der Waals surface area contributed by atoms with Gasteiger partial charge in [0.1, 0.15) is 0 Å². The second-order valence-electron chi connectivity index (χ2n) is 11.1. The number of carbonyl (C=O) groups excluding carboxylic acids is 2. The van der Waals surface area contributed by atoms with Crippen molar-refractivity contribution < 1.29 is 23.5 Å². The molecule has 0 aromatic heterocycles. The van der Waals surface area contributed by atoms with Crippen molar-refractivity contribution in [3.8, 4) is 0 Å². The Hall–Kier alpha value is -3.24. The standard InChI is InChI=1S/C30H33ClFN3O4Si/c1-18-27(40(2,3)32)26(13-14-36)39-30(18)24-16-21(31)9-12-25(24)35(29(30)38)17-19-5-4-6-23(15-19)34-28(37)20-7-10-22(33)11-8-20/h4-12,15-16,18,26-27,36H,13-14,17,33H2,1-3H3,(H,34,37)/t18-,26+,27-,30+/m0/s1. The summed E-state index contributed by atoms with van der Waals surface area (Å²) in [6.07, 6.45) is -0.343. The molecule has 1 saturated heterocycles. The fourth-order valence-electron chi connectivity index (χ4n) is 6.34. The number of benzene rings is 3. The molecule has 0 bridgehead atoms. The minimum Gasteiger partial charge on any atom is -0.399 e. The maximum Gasteiger partial charge on any atom is 0.264 e. The highest BCUT2D eigenvalue weighted by atomic mass is 35.5. The van der Waals surface area contributed by atoms with Gasteiger partial charge in [0, 0.05) is 45.6 Å². The Kier molecular flexibility index (Phi) is 7.52. The van der Waals surface area contributed by atoms with E-state index in [9.17, 15) is 14.7 Å². The first-order valence-corrected chi connectivity index (χ1v) is 16.6. The summed E-state index contributed by atoms with van der Waals surface area (Å²) >= 11 is 6.40. The van der Waals surface area contributed by atoms with Crippen molar-refractivity contribution in [2.75, 3.05) is 22.6 Å². The zero-order valence-corrected chi connectivity index (χ0v) is 24.4. The number of amides is 2. The zero-order valence-electron chi connectivity index (χ0n) is 22.7. The fraction of sp³-hybridized carbons (Fsp3) is 0.333. The number of hydrogen-bond acceptors (Lipinski definition) is 5. The third-order valence-corrected chi connectivity index (χ3v) is 10.7. The molecule has 1 fully saturated rings. The number of aliphatic hydroxyl groups excluding tert-OH is 1. The van der Waals surface area contributed by atoms with E-state index in [1.165, 1.54) is 0 Å². The minimum atomic E-state index is -3.28. The lowest BCUT2D eigenvalue weighted by molar-refractivity contribution is -0.146. The number of ether oxygens (including phenoxy) is 1. The molecule has 2 aliphatic heterocycles. The van der Waals surface area contributed by atoms with Gasteiger partial charge in [0.25, 0.3) is 11.8 Å². The van der Waals surface area contributed by atoms with Gasteiger partial charge in [0.15, 0.2) is 5.60 Å². The first-order valence-electron chi connectivity index (χ1n) is 13.3. The lowest BCUT2D eigenvalue weighted by atomic mass is 9.82. The minimum absolute atomic E-state index is 0.163. The van der Waals surface area contributed by atoms with Gasteiger partial charge in [0.05, 0.1) is 18.3 Å². The number of halogens is 2. The van der Waals surface area contributed by atoms with Crippen LogP contribution in [-0.2, 0) is 21.7 Å². The number of nitrogen functional groups attached to an aromatic ring is 1. The van der Waals surface area contributed by atoms with Crippen LogP contribution in [0.3, 0.4) is 0 Å². The lowest BCUT2D eigenvalue weighted by Gasteiger charge is -2.31. The number of carbonyl (C=O) groups is 2. The van der Waals surface area contributed by atoms with Gasteiger partial charge in [-0.25, -0.2) is 0 Å². The van der Waals surface area contributed by atoms with E-state index in [2.05, 4.69) is 5.32 Å². The molecule has 2 aliphatic rings. The second kappa shape index (κ2) is 10.6. The molecule has 7 nitrogen and oxygen atoms in total. The van der Waals surface area contributed by atoms with Crippen LogP contribution >= 0.6 is 11.6 Å². The Morgan fingerprint density at radius 3 is 2.58 bits per heavy atom. The van der Waals surface area contributed by atoms with Gasteiger partial charge in [-0.15, -0.1) is 0 Å². The van der Waals surface area contributed by atoms with E-state index in [0.29, 0.717) is 33.2 Å². The summed E-state index contributed by atoms with van der Waals surface area (Å²) in [5, 5.41) is 13.1. The molecule has 40 heavy (non-hydrogen) atoms. The quantitative estimate of drug-likeness (QED) is 0.184. The van der Waals surface area contributed by atoms with E-state index in [1.54, 1.807) is 66.5 Å². The predicted molar refractivity (Wildman–Crippen MR) is 158 cm³/mol. The first-order chi connectivity index (χ1) is 19.0. The monoisotopic (exact) mass is 581 g/mol. The van der Waals surface area contributed by atoms with Crippen molar-refractivity contribution in [1.82, 2.24) is 0 Å². The number of aliphatic hydroxyl groups is 1. The van der Waals surface area contributed by atoms with Gasteiger partial charge in [-0.2, -0.15) is 0 Å². The number of anilines is 3. The molecule has 0 aliphatic carbocycles. The van der Waals surface area contributed by atoms with Crippen LogP contribution in [0.15, 0.2) is 66.7 Å². The molecule has 0 unspecified atom stereocenters. The smallest absolute Gasteiger partial charge is 0.264 e. The molecule has 0 saturated carbocycles. The Balaban J connectivity index is 1.47. The summed E-state index contributed by atoms with van der Waals surface area (Å²) in [5.41, 5.74) is 7.52. The molecule has 10 heteroatoms. The van der Waals surface area contributed by atoms with Crippen molar-refractivity contribution in [2.45, 2.75) is 50.2 Å². The van der Waals surface area contributed by atoms with E-state index in [1.807, 2.05) is 25.1 Å². The van der Waals surface area contributed by atoms with Crippen molar-refractivity contribution in [1.29, 1.82) is 0 Å². The lowest BCUT2D eigenvalue weighted by Crippen LogP contribution is -2.45. The van der Waals surface area contributed by atoms with Crippen molar-refractivity contribution in [3.63, 3.8) is 0 Å². The van der Waals surface area contributed by atoms with Crippen LogP contribution in [-0.4, -0.2) is 38.0 Å². The maximum atomic E-state index is 15.7. The number of nitrogens with zero attached hydrogens (tertiary/aromatic N) is 1. The molecule has 5 rings (SSSR count). The van der Waals surface area contributed by atoms with Crippen LogP contribution in [0, 0.1) is 5.92 Å². The molecule has 2 amide bonds. The third-order valence-electron chi connectivity index (χ3n) is 8.03. The average molecular weight is 582 g/mol. The Bertz CT molecular complexity index is 1450. The van der Waals surface area contributed by atoms with Crippen LogP contribution in [0.25, 0.3) is 0 Å². The molecular weight excluding hydrogens is 549 g/mol. The SMILES string of the molecule is C[C@H]1[C@H]([Si](C)(C)F)[C@@H](CCO)O[C@]12C(=O)N(Cc1cccc(NC(=O)c3ccc(N)cc3)c1)c1ccc(Cl)cc12. The number of hydrogen-bond donors (Lipinski definition) is 3. The summed E-state index contributed by atoms with van der Waals surface area (Å²) in [5.74, 6) is -1.02. The number of nitrogens with one attached hydrogen (secondary N) is 1. The van der Waals surface area contributed by atoms with E-state index in [-0.39, 0.29) is 31.4 Å². The average Bonchev–Trinajstić information content (AvgIpc) is 3.31. The molecule has 3 aromatic rings. The first kappa shape index (κ1) is 28.3. The van der Waals surface area contributed by atoms with Crippen LogP contribution in [0.5, 0.6) is 0 Å². The van der Waals surface area contributed by atoms with Crippen LogP contribution < -0.4 is 16.0 Å². The molecular formula is C30H33ClFN3O4Si. The van der Waals surface area contributed by atoms with E-state index < -0.39 is 31.6 Å². The second-order valence-corrected chi connectivity index (χ2v) is 15.3. The molecule has 3 aromatic carbocycles. The highest BCUT2D eigenvalue weighted by Gasteiger charge is 2.66. The Morgan fingerprint density at radius 2 is 1.90 bits per heavy atom. The number of fused-ring (bicyclic) bond motifs is 2. The van der Waals surface area contributed by atoms with Crippen molar-refractivity contribution in [2.24, 2.45) is 5.92 Å². The number of rotatable bonds is 7. The molecule has 210 valence electrons. The van der Waals surface area contributed by atoms with Gasteiger partial charge in [-0.1, -0.05) is 30.7 Å². The van der Waals surface area contributed by atoms with E-state index in [4.69, 9.17) is 22.1 Å². The molecule has 1 spiro atoms. The molecule has 0 radical (unpaired) electrons. The van der Waals surface area contributed by atoms with E-state index in [0.717, 1.165) is 5.56 Å². The number of nitrogens with two attached hydrogens (primary N) is 1. The van der Waals surface area contributed by atoms with Crippen LogP contribution in [0.1, 0.15) is 34.8 Å². The maximum absolute atomic E-state index is 15.7. The Morgan fingerprint density at radius 1 is 1.18 bits per heavy atom. The van der Waals surface area contributed by atoms with Gasteiger partial charge < -0.3 is 29.9 Å². The summed E-state index contributed by atoms with van der Waals surface area (Å²) in [6.45, 7) is 5.17. The van der Waals surface area contributed by atoms with Gasteiger partial charge >= 0.3 is 0 Å². The highest BCUT2D eigenvalue weighted by Crippen LogP contribution is 2.60. The summed E-state index contributed by atoms with van der Waals surface area (Å²) in [7, 11) is -3.28. The zero-order chi connectivity index (χ0) is 28.8. The van der Waals surface area contributed by atoms with Gasteiger partial charge in [-0.3, -0.25) is 9.59 Å².